The van der Waals surface area contributed by atoms with Crippen LogP contribution in [0.3, 0.4) is 0 Å². The molecule has 2 unspecified atom stereocenters. The Labute approximate surface area is 155 Å². The third-order valence-electron chi connectivity index (χ3n) is 4.67. The monoisotopic (exact) mass is 366 g/mol. The molecule has 26 heavy (non-hydrogen) atoms. The molecule has 0 saturated carbocycles. The van der Waals surface area contributed by atoms with Crippen LogP contribution in [0.15, 0.2) is 18.2 Å². The summed E-state index contributed by atoms with van der Waals surface area (Å²) in [6, 6.07) is 4.92. The second kappa shape index (κ2) is 10.4. The number of hydrogen-bond donors (Lipinski definition) is 2. The summed E-state index contributed by atoms with van der Waals surface area (Å²) in [6.45, 7) is 4.21. The number of benzene rings is 1. The minimum Gasteiger partial charge on any atom is -0.493 e. The lowest BCUT2D eigenvalue weighted by molar-refractivity contribution is -0.125. The van der Waals surface area contributed by atoms with Crippen molar-refractivity contribution in [2.24, 2.45) is 11.7 Å². The van der Waals surface area contributed by atoms with Crippen LogP contribution in [0.2, 0.25) is 0 Å². The Morgan fingerprint density at radius 2 is 2.00 bits per heavy atom. The summed E-state index contributed by atoms with van der Waals surface area (Å²) in [5, 5.41) is 3.00. The Bertz CT molecular complexity index is 575. The van der Waals surface area contributed by atoms with Crippen molar-refractivity contribution in [3.05, 3.63) is 23.8 Å². The maximum Gasteiger partial charge on any atom is 0.237 e. The van der Waals surface area contributed by atoms with E-state index in [9.17, 15) is 4.79 Å². The van der Waals surface area contributed by atoms with E-state index in [1.54, 1.807) is 14.2 Å². The van der Waals surface area contributed by atoms with Gasteiger partial charge in [-0.1, -0.05) is 6.07 Å². The molecule has 0 radical (unpaired) electrons. The highest BCUT2D eigenvalue weighted by Gasteiger charge is 2.27. The van der Waals surface area contributed by atoms with Crippen LogP contribution in [0.25, 0.3) is 0 Å². The summed E-state index contributed by atoms with van der Waals surface area (Å²) >= 11 is 0. The second-order valence-corrected chi connectivity index (χ2v) is 6.46. The first-order valence-electron chi connectivity index (χ1n) is 9.00. The maximum absolute atomic E-state index is 12.5. The highest BCUT2D eigenvalue weighted by molar-refractivity contribution is 5.82. The number of carbonyl (C=O) groups excluding carboxylic acids is 1. The van der Waals surface area contributed by atoms with Crippen molar-refractivity contribution in [2.45, 2.75) is 31.8 Å². The van der Waals surface area contributed by atoms with Crippen molar-refractivity contribution >= 4 is 5.91 Å². The predicted molar refractivity (Wildman–Crippen MR) is 98.4 cm³/mol. The highest BCUT2D eigenvalue weighted by Crippen LogP contribution is 2.30. The zero-order valence-electron chi connectivity index (χ0n) is 15.8. The summed E-state index contributed by atoms with van der Waals surface area (Å²) in [5.41, 5.74) is 7.07. The van der Waals surface area contributed by atoms with Gasteiger partial charge in [-0.3, -0.25) is 4.79 Å². The predicted octanol–water partition coefficient (Wildman–Crippen LogP) is 1.65. The smallest absolute Gasteiger partial charge is 0.237 e. The van der Waals surface area contributed by atoms with Crippen molar-refractivity contribution < 1.29 is 23.7 Å². The lowest BCUT2D eigenvalue weighted by Crippen LogP contribution is -2.47. The van der Waals surface area contributed by atoms with E-state index in [2.05, 4.69) is 5.32 Å². The third-order valence-corrected chi connectivity index (χ3v) is 4.67. The summed E-state index contributed by atoms with van der Waals surface area (Å²) in [7, 11) is 3.21. The molecule has 2 rings (SSSR count). The molecule has 0 aliphatic carbocycles. The third kappa shape index (κ3) is 5.59. The van der Waals surface area contributed by atoms with Crippen LogP contribution in [-0.2, 0) is 14.3 Å². The number of nitrogens with two attached hydrogens (primary N) is 1. The molecule has 0 spiro atoms. The molecule has 0 aromatic heterocycles. The second-order valence-electron chi connectivity index (χ2n) is 6.46. The molecule has 1 saturated heterocycles. The van der Waals surface area contributed by atoms with Crippen LogP contribution >= 0.6 is 0 Å². The number of ether oxygens (including phenoxy) is 4. The van der Waals surface area contributed by atoms with Crippen LogP contribution in [0, 0.1) is 5.92 Å². The van der Waals surface area contributed by atoms with Crippen molar-refractivity contribution in [3.8, 4) is 11.5 Å². The standard InChI is InChI=1S/C19H30N2O5/c1-13(21-19(22)18(20)14-6-8-25-9-7-14)15-4-5-16(17(12-15)24-3)26-11-10-23-2/h4-5,12-14,18H,6-11,20H2,1-3H3,(H,21,22). The van der Waals surface area contributed by atoms with Crippen molar-refractivity contribution in [1.29, 1.82) is 0 Å². The van der Waals surface area contributed by atoms with Gasteiger partial charge in [0.2, 0.25) is 5.91 Å². The molecule has 3 N–H and O–H groups in total. The molecule has 1 fully saturated rings. The fourth-order valence-corrected chi connectivity index (χ4v) is 2.99. The SMILES string of the molecule is COCCOc1ccc(C(C)NC(=O)C(N)C2CCOCC2)cc1OC. The first kappa shape index (κ1) is 20.5. The first-order chi connectivity index (χ1) is 12.6. The quantitative estimate of drug-likeness (QED) is 0.646. The van der Waals surface area contributed by atoms with E-state index in [4.69, 9.17) is 24.7 Å². The first-order valence-corrected chi connectivity index (χ1v) is 9.00. The van der Waals surface area contributed by atoms with Crippen LogP contribution < -0.4 is 20.5 Å². The van der Waals surface area contributed by atoms with Crippen LogP contribution in [-0.4, -0.2) is 52.6 Å². The number of hydrogen-bond acceptors (Lipinski definition) is 6. The Hall–Kier alpha value is -1.83. The van der Waals surface area contributed by atoms with E-state index in [0.29, 0.717) is 37.9 Å². The topological polar surface area (TPSA) is 92.0 Å². The zero-order chi connectivity index (χ0) is 18.9. The lowest BCUT2D eigenvalue weighted by Gasteiger charge is -2.28. The number of rotatable bonds is 9. The van der Waals surface area contributed by atoms with Crippen LogP contribution in [0.5, 0.6) is 11.5 Å². The minimum absolute atomic E-state index is 0.135. The van der Waals surface area contributed by atoms with Crippen LogP contribution in [0.4, 0.5) is 0 Å². The van der Waals surface area contributed by atoms with Gasteiger partial charge in [0.25, 0.3) is 0 Å². The van der Waals surface area contributed by atoms with Gasteiger partial charge in [-0.05, 0) is 43.4 Å². The Morgan fingerprint density at radius 1 is 1.27 bits per heavy atom. The van der Waals surface area contributed by atoms with E-state index >= 15 is 0 Å². The Kier molecular flexibility index (Phi) is 8.15. The number of methoxy groups -OCH3 is 2. The molecule has 1 aromatic rings. The van der Waals surface area contributed by atoms with Crippen LogP contribution in [0.1, 0.15) is 31.4 Å². The Balaban J connectivity index is 1.97. The van der Waals surface area contributed by atoms with Crippen molar-refractivity contribution in [2.75, 3.05) is 40.6 Å². The van der Waals surface area contributed by atoms with Gasteiger partial charge < -0.3 is 30.0 Å². The number of amides is 1. The molecule has 146 valence electrons. The lowest BCUT2D eigenvalue weighted by atomic mass is 9.91. The largest absolute Gasteiger partial charge is 0.493 e. The van der Waals surface area contributed by atoms with Gasteiger partial charge in [-0.15, -0.1) is 0 Å². The maximum atomic E-state index is 12.5. The molecule has 1 aliphatic rings. The number of nitrogens with one attached hydrogen (secondary N) is 1. The fraction of sp³-hybridized carbons (Fsp3) is 0.632. The van der Waals surface area contributed by atoms with Crippen molar-refractivity contribution in [1.82, 2.24) is 5.32 Å². The molecule has 0 bridgehead atoms. The van der Waals surface area contributed by atoms with Gasteiger partial charge in [0.15, 0.2) is 11.5 Å². The number of carbonyl (C=O) groups is 1. The van der Waals surface area contributed by atoms with Gasteiger partial charge in [0.1, 0.15) is 6.61 Å². The zero-order valence-corrected chi connectivity index (χ0v) is 15.8. The van der Waals surface area contributed by atoms with Gasteiger partial charge >= 0.3 is 0 Å². The molecule has 1 amide bonds. The Morgan fingerprint density at radius 3 is 2.65 bits per heavy atom. The van der Waals surface area contributed by atoms with Gasteiger partial charge in [-0.2, -0.15) is 0 Å². The van der Waals surface area contributed by atoms with Crippen molar-refractivity contribution in [3.63, 3.8) is 0 Å². The van der Waals surface area contributed by atoms with Gasteiger partial charge in [0.05, 0.1) is 25.8 Å². The fourth-order valence-electron chi connectivity index (χ4n) is 2.99. The molecule has 1 aromatic carbocycles. The molecule has 1 aliphatic heterocycles. The van der Waals surface area contributed by atoms with E-state index in [1.165, 1.54) is 0 Å². The molecule has 2 atom stereocenters. The summed E-state index contributed by atoms with van der Waals surface area (Å²) in [4.78, 5) is 12.5. The molecule has 1 heterocycles. The average Bonchev–Trinajstić information content (AvgIpc) is 2.68. The average molecular weight is 366 g/mol. The summed E-state index contributed by atoms with van der Waals surface area (Å²) in [5.74, 6) is 1.30. The highest BCUT2D eigenvalue weighted by atomic mass is 16.5. The normalized spacial score (nSPS) is 17.4. The molecular formula is C19H30N2O5. The van der Waals surface area contributed by atoms with E-state index < -0.39 is 6.04 Å². The van der Waals surface area contributed by atoms with Gasteiger partial charge in [-0.25, -0.2) is 0 Å². The van der Waals surface area contributed by atoms with E-state index in [1.807, 2.05) is 25.1 Å². The van der Waals surface area contributed by atoms with E-state index in [0.717, 1.165) is 18.4 Å². The summed E-state index contributed by atoms with van der Waals surface area (Å²) in [6.07, 6.45) is 1.65. The minimum atomic E-state index is -0.514. The van der Waals surface area contributed by atoms with E-state index in [-0.39, 0.29) is 17.9 Å². The molecular weight excluding hydrogens is 336 g/mol. The van der Waals surface area contributed by atoms with Gasteiger partial charge in [0, 0.05) is 20.3 Å². The molecule has 7 heteroatoms. The molecule has 7 nitrogen and oxygen atoms in total. The summed E-state index contributed by atoms with van der Waals surface area (Å²) < 4.78 is 21.3.